The van der Waals surface area contributed by atoms with E-state index in [4.69, 9.17) is 9.52 Å². The topological polar surface area (TPSA) is 60.1 Å². The first-order valence-electron chi connectivity index (χ1n) is 10.5. The molecule has 1 N–H and O–H groups in total. The third-order valence-corrected chi connectivity index (χ3v) is 6.05. The van der Waals surface area contributed by atoms with E-state index in [1.165, 1.54) is 6.07 Å². The number of aromatic nitrogens is 2. The Morgan fingerprint density at radius 3 is 2.48 bits per heavy atom. The lowest BCUT2D eigenvalue weighted by atomic mass is 9.82. The Hall–Kier alpha value is -4.26. The molecule has 1 atom stereocenters. The number of nitrogens with one attached hydrogen (secondary N) is 1. The molecule has 0 saturated carbocycles. The Kier molecular flexibility index (Phi) is 4.20. The van der Waals surface area contributed by atoms with Crippen molar-refractivity contribution in [1.82, 2.24) is 9.78 Å². The highest BCUT2D eigenvalue weighted by Crippen LogP contribution is 2.47. The van der Waals surface area contributed by atoms with Crippen molar-refractivity contribution < 1.29 is 13.2 Å². The van der Waals surface area contributed by atoms with Crippen LogP contribution in [0.25, 0.3) is 16.7 Å². The molecule has 0 bridgehead atoms. The number of anilines is 2. The first-order chi connectivity index (χ1) is 16.0. The predicted molar refractivity (Wildman–Crippen MR) is 121 cm³/mol. The van der Waals surface area contributed by atoms with Gasteiger partial charge in [0.2, 0.25) is 0 Å². The van der Waals surface area contributed by atoms with Crippen molar-refractivity contribution >= 4 is 22.5 Å². The van der Waals surface area contributed by atoms with Gasteiger partial charge in [0.15, 0.2) is 11.6 Å². The molecule has 0 aliphatic carbocycles. The van der Waals surface area contributed by atoms with Gasteiger partial charge in [0.1, 0.15) is 11.4 Å². The average Bonchev–Trinajstić information content (AvgIpc) is 3.16. The fraction of sp³-hybridized carbons (Fsp3) is 0.0769. The first kappa shape index (κ1) is 19.4. The highest BCUT2D eigenvalue weighted by Gasteiger charge is 2.37. The molecule has 0 saturated heterocycles. The van der Waals surface area contributed by atoms with Gasteiger partial charge in [-0.05, 0) is 48.9 Å². The molecule has 0 fully saturated rings. The van der Waals surface area contributed by atoms with Gasteiger partial charge < -0.3 is 9.73 Å². The lowest BCUT2D eigenvalue weighted by molar-refractivity contribution is 0.506. The van der Waals surface area contributed by atoms with Crippen molar-refractivity contribution in [2.45, 2.75) is 12.8 Å². The monoisotopic (exact) mass is 441 g/mol. The fourth-order valence-electron chi connectivity index (χ4n) is 4.61. The van der Waals surface area contributed by atoms with Gasteiger partial charge in [0.25, 0.3) is 0 Å². The summed E-state index contributed by atoms with van der Waals surface area (Å²) in [6.07, 6.45) is 0. The molecule has 3 aromatic carbocycles. The smallest absolute Gasteiger partial charge is 0.342 e. The van der Waals surface area contributed by atoms with E-state index < -0.39 is 23.2 Å². The maximum atomic E-state index is 14.3. The lowest BCUT2D eigenvalue weighted by Gasteiger charge is -2.28. The third kappa shape index (κ3) is 2.89. The zero-order valence-corrected chi connectivity index (χ0v) is 17.5. The summed E-state index contributed by atoms with van der Waals surface area (Å²) >= 11 is 0. The van der Waals surface area contributed by atoms with E-state index >= 15 is 0 Å². The van der Waals surface area contributed by atoms with Gasteiger partial charge >= 0.3 is 5.63 Å². The van der Waals surface area contributed by atoms with Crippen LogP contribution >= 0.6 is 0 Å². The third-order valence-electron chi connectivity index (χ3n) is 6.05. The van der Waals surface area contributed by atoms with Crippen LogP contribution in [0.3, 0.4) is 0 Å². The summed E-state index contributed by atoms with van der Waals surface area (Å²) in [5.74, 6) is -1.95. The van der Waals surface area contributed by atoms with Crippen LogP contribution in [0.5, 0.6) is 0 Å². The number of para-hydroxylation sites is 2. The molecule has 0 amide bonds. The zero-order chi connectivity index (χ0) is 22.7. The maximum Gasteiger partial charge on any atom is 0.342 e. The van der Waals surface area contributed by atoms with Gasteiger partial charge in [0.05, 0.1) is 22.6 Å². The fourth-order valence-corrected chi connectivity index (χ4v) is 4.61. The molecule has 1 aliphatic heterocycles. The minimum Gasteiger partial charge on any atom is -0.422 e. The highest BCUT2D eigenvalue weighted by molar-refractivity contribution is 5.96. The number of halogens is 2. The van der Waals surface area contributed by atoms with Crippen LogP contribution < -0.4 is 10.9 Å². The van der Waals surface area contributed by atoms with E-state index in [0.717, 1.165) is 17.8 Å². The molecule has 6 rings (SSSR count). The molecular formula is C26H17F2N3O2. The van der Waals surface area contributed by atoms with Gasteiger partial charge in [-0.3, -0.25) is 0 Å². The Balaban J connectivity index is 1.71. The van der Waals surface area contributed by atoms with Crippen LogP contribution in [-0.2, 0) is 0 Å². The van der Waals surface area contributed by atoms with E-state index in [-0.39, 0.29) is 0 Å². The summed E-state index contributed by atoms with van der Waals surface area (Å²) in [6.45, 7) is 1.83. The predicted octanol–water partition coefficient (Wildman–Crippen LogP) is 5.80. The van der Waals surface area contributed by atoms with Crippen molar-refractivity contribution in [3.05, 3.63) is 117 Å². The quantitative estimate of drug-likeness (QED) is 0.345. The van der Waals surface area contributed by atoms with Gasteiger partial charge in [-0.25, -0.2) is 18.3 Å². The second-order valence-electron chi connectivity index (χ2n) is 8.00. The number of nitrogens with zero attached hydrogens (tertiary/aromatic N) is 2. The van der Waals surface area contributed by atoms with Crippen LogP contribution in [0.1, 0.15) is 28.3 Å². The molecule has 0 spiro atoms. The minimum absolute atomic E-state index is 0.336. The van der Waals surface area contributed by atoms with Crippen molar-refractivity contribution in [2.75, 3.05) is 5.32 Å². The molecule has 7 heteroatoms. The molecule has 162 valence electrons. The minimum atomic E-state index is -0.979. The van der Waals surface area contributed by atoms with Crippen LogP contribution in [-0.4, -0.2) is 9.78 Å². The number of fused-ring (bicyclic) bond motifs is 4. The molecular weight excluding hydrogens is 424 g/mol. The molecule has 2 aromatic heterocycles. The van der Waals surface area contributed by atoms with Crippen molar-refractivity contribution in [3.8, 4) is 5.69 Å². The highest BCUT2D eigenvalue weighted by atomic mass is 19.2. The van der Waals surface area contributed by atoms with Gasteiger partial charge in [-0.2, -0.15) is 5.10 Å². The van der Waals surface area contributed by atoms with E-state index in [0.29, 0.717) is 44.9 Å². The number of rotatable bonds is 2. The number of hydrogen-bond donors (Lipinski definition) is 1. The zero-order valence-electron chi connectivity index (χ0n) is 17.5. The largest absolute Gasteiger partial charge is 0.422 e. The van der Waals surface area contributed by atoms with E-state index in [9.17, 15) is 13.6 Å². The first-order valence-corrected chi connectivity index (χ1v) is 10.5. The summed E-state index contributed by atoms with van der Waals surface area (Å²) in [5, 5.41) is 8.85. The molecule has 3 heterocycles. The number of hydrogen-bond acceptors (Lipinski definition) is 4. The molecule has 5 aromatic rings. The maximum absolute atomic E-state index is 14.3. The second-order valence-corrected chi connectivity index (χ2v) is 8.00. The van der Waals surface area contributed by atoms with E-state index in [1.54, 1.807) is 16.8 Å². The Bertz CT molecular complexity index is 1610. The van der Waals surface area contributed by atoms with Crippen LogP contribution in [0.2, 0.25) is 0 Å². The molecule has 33 heavy (non-hydrogen) atoms. The van der Waals surface area contributed by atoms with Crippen LogP contribution in [0.15, 0.2) is 82.0 Å². The Morgan fingerprint density at radius 2 is 1.70 bits per heavy atom. The van der Waals surface area contributed by atoms with Gasteiger partial charge in [-0.15, -0.1) is 0 Å². The van der Waals surface area contributed by atoms with Crippen LogP contribution in [0, 0.1) is 18.6 Å². The van der Waals surface area contributed by atoms with E-state index in [2.05, 4.69) is 5.32 Å². The summed E-state index contributed by atoms with van der Waals surface area (Å²) < 4.78 is 35.5. The van der Waals surface area contributed by atoms with Crippen LogP contribution in [0.4, 0.5) is 20.3 Å². The molecule has 5 nitrogen and oxygen atoms in total. The molecule has 1 aliphatic rings. The Labute approximate surface area is 186 Å². The SMILES string of the molecule is Cc1nn(-c2ccccc2)c2c1C(c1ccc(F)c(F)c1)c1c(c3ccccc3oc1=O)N2. The normalized spacial score (nSPS) is 14.6. The summed E-state index contributed by atoms with van der Waals surface area (Å²) in [4.78, 5) is 13.2. The summed E-state index contributed by atoms with van der Waals surface area (Å²) in [7, 11) is 0. The molecule has 0 radical (unpaired) electrons. The summed E-state index contributed by atoms with van der Waals surface area (Å²) in [5.41, 5.74) is 3.44. The van der Waals surface area contributed by atoms with Crippen molar-refractivity contribution in [3.63, 3.8) is 0 Å². The molecule has 1 unspecified atom stereocenters. The van der Waals surface area contributed by atoms with Gasteiger partial charge in [-0.1, -0.05) is 36.4 Å². The van der Waals surface area contributed by atoms with Gasteiger partial charge in [0, 0.05) is 16.9 Å². The second kappa shape index (κ2) is 7.13. The van der Waals surface area contributed by atoms with E-state index in [1.807, 2.05) is 49.4 Å². The number of aryl methyl sites for hydroxylation is 1. The summed E-state index contributed by atoms with van der Waals surface area (Å²) in [6, 6.07) is 20.5. The standard InChI is InChI=1S/C26H17F2N3O2/c1-14-21-22(15-11-12-18(27)19(28)13-15)23-24(17-9-5-6-10-20(17)33-26(23)32)29-25(21)31(30-14)16-7-3-2-4-8-16/h2-13,22,29H,1H3. The average molecular weight is 441 g/mol. The Morgan fingerprint density at radius 1 is 0.939 bits per heavy atom. The van der Waals surface area contributed by atoms with Crippen molar-refractivity contribution in [2.24, 2.45) is 0 Å². The van der Waals surface area contributed by atoms with Crippen molar-refractivity contribution in [1.29, 1.82) is 0 Å². The number of benzene rings is 3. The lowest BCUT2D eigenvalue weighted by Crippen LogP contribution is -2.23.